The molecular formula is C18H24ClN5O3. The zero-order chi connectivity index (χ0) is 18.1. The molecule has 1 aromatic carbocycles. The molecule has 4 rings (SSSR count). The Bertz CT molecular complexity index is 799. The normalized spacial score (nSPS) is 22.7. The third kappa shape index (κ3) is 3.92. The molecule has 1 amide bonds. The van der Waals surface area contributed by atoms with Gasteiger partial charge in [-0.3, -0.25) is 9.69 Å². The summed E-state index contributed by atoms with van der Waals surface area (Å²) in [5.41, 5.74) is 0.784. The van der Waals surface area contributed by atoms with Gasteiger partial charge >= 0.3 is 0 Å². The Morgan fingerprint density at radius 1 is 1.33 bits per heavy atom. The molecule has 2 unspecified atom stereocenters. The first-order chi connectivity index (χ1) is 12.6. The SMILES string of the molecule is CC1Oc2ccccc2N(CCc2nc(C3CNCCN3C)no2)C1=O.Cl. The third-order valence-corrected chi connectivity index (χ3v) is 4.92. The van der Waals surface area contributed by atoms with Crippen LogP contribution in [0.3, 0.4) is 0 Å². The van der Waals surface area contributed by atoms with Crippen molar-refractivity contribution in [1.82, 2.24) is 20.4 Å². The second-order valence-corrected chi connectivity index (χ2v) is 6.71. The number of benzene rings is 1. The lowest BCUT2D eigenvalue weighted by atomic mass is 10.1. The van der Waals surface area contributed by atoms with Crippen LogP contribution in [-0.2, 0) is 11.2 Å². The van der Waals surface area contributed by atoms with Crippen LogP contribution < -0.4 is 15.0 Å². The molecule has 0 saturated carbocycles. The molecule has 1 aromatic heterocycles. The zero-order valence-corrected chi connectivity index (χ0v) is 16.2. The molecule has 2 aliphatic rings. The second-order valence-electron chi connectivity index (χ2n) is 6.71. The lowest BCUT2D eigenvalue weighted by Crippen LogP contribution is -2.45. The highest BCUT2D eigenvalue weighted by molar-refractivity contribution is 5.99. The number of hydrogen-bond acceptors (Lipinski definition) is 7. The predicted octanol–water partition coefficient (Wildman–Crippen LogP) is 1.42. The van der Waals surface area contributed by atoms with E-state index in [4.69, 9.17) is 9.26 Å². The highest BCUT2D eigenvalue weighted by Crippen LogP contribution is 2.33. The van der Waals surface area contributed by atoms with Crippen molar-refractivity contribution < 1.29 is 14.1 Å². The maximum absolute atomic E-state index is 12.5. The zero-order valence-electron chi connectivity index (χ0n) is 15.4. The summed E-state index contributed by atoms with van der Waals surface area (Å²) in [4.78, 5) is 21.0. The quantitative estimate of drug-likeness (QED) is 0.841. The summed E-state index contributed by atoms with van der Waals surface area (Å²) in [6, 6.07) is 7.68. The van der Waals surface area contributed by atoms with E-state index in [9.17, 15) is 4.79 Å². The van der Waals surface area contributed by atoms with Crippen molar-refractivity contribution in [3.63, 3.8) is 0 Å². The van der Waals surface area contributed by atoms with E-state index in [0.29, 0.717) is 24.7 Å². The molecule has 9 heteroatoms. The predicted molar refractivity (Wildman–Crippen MR) is 102 cm³/mol. The van der Waals surface area contributed by atoms with Gasteiger partial charge in [0.2, 0.25) is 5.89 Å². The van der Waals surface area contributed by atoms with Gasteiger partial charge in [-0.05, 0) is 26.1 Å². The molecule has 1 saturated heterocycles. The van der Waals surface area contributed by atoms with Gasteiger partial charge in [0.1, 0.15) is 5.75 Å². The molecule has 0 spiro atoms. The molecule has 8 nitrogen and oxygen atoms in total. The van der Waals surface area contributed by atoms with E-state index in [0.717, 1.165) is 31.1 Å². The second kappa shape index (κ2) is 8.24. The molecule has 0 radical (unpaired) electrons. The third-order valence-electron chi connectivity index (χ3n) is 4.92. The lowest BCUT2D eigenvalue weighted by Gasteiger charge is -2.32. The number of nitrogens with one attached hydrogen (secondary N) is 1. The van der Waals surface area contributed by atoms with Gasteiger partial charge in [-0.1, -0.05) is 17.3 Å². The lowest BCUT2D eigenvalue weighted by molar-refractivity contribution is -0.125. The smallest absolute Gasteiger partial charge is 0.267 e. The fraction of sp³-hybridized carbons (Fsp3) is 0.500. The Balaban J connectivity index is 0.00000210. The number of rotatable bonds is 4. The summed E-state index contributed by atoms with van der Waals surface area (Å²) in [7, 11) is 2.06. The maximum atomic E-state index is 12.5. The summed E-state index contributed by atoms with van der Waals surface area (Å²) < 4.78 is 11.1. The van der Waals surface area contributed by atoms with Crippen molar-refractivity contribution in [2.75, 3.05) is 38.1 Å². The minimum Gasteiger partial charge on any atom is -0.479 e. The fourth-order valence-electron chi connectivity index (χ4n) is 3.40. The highest BCUT2D eigenvalue weighted by Gasteiger charge is 2.31. The maximum Gasteiger partial charge on any atom is 0.267 e. The van der Waals surface area contributed by atoms with Gasteiger partial charge in [0.15, 0.2) is 11.9 Å². The summed E-state index contributed by atoms with van der Waals surface area (Å²) >= 11 is 0. The van der Waals surface area contributed by atoms with E-state index in [2.05, 4.69) is 27.4 Å². The summed E-state index contributed by atoms with van der Waals surface area (Å²) in [6.45, 7) is 4.97. The van der Waals surface area contributed by atoms with Gasteiger partial charge in [-0.2, -0.15) is 4.98 Å². The number of aromatic nitrogens is 2. The van der Waals surface area contributed by atoms with Crippen LogP contribution in [0.15, 0.2) is 28.8 Å². The number of ether oxygens (including phenoxy) is 1. The van der Waals surface area contributed by atoms with Crippen molar-refractivity contribution in [1.29, 1.82) is 0 Å². The number of halogens is 1. The summed E-state index contributed by atoms with van der Waals surface area (Å²) in [5.74, 6) is 1.90. The highest BCUT2D eigenvalue weighted by atomic mass is 35.5. The molecule has 2 aliphatic heterocycles. The monoisotopic (exact) mass is 393 g/mol. The molecule has 0 aliphatic carbocycles. The first-order valence-electron chi connectivity index (χ1n) is 8.94. The Kier molecular flexibility index (Phi) is 5.98. The Labute approximate surface area is 164 Å². The van der Waals surface area contributed by atoms with Gasteiger partial charge in [0, 0.05) is 32.6 Å². The van der Waals surface area contributed by atoms with Crippen molar-refractivity contribution in [3.05, 3.63) is 36.0 Å². The number of fused-ring (bicyclic) bond motifs is 1. The first-order valence-corrected chi connectivity index (χ1v) is 8.94. The summed E-state index contributed by atoms with van der Waals surface area (Å²) in [6.07, 6.45) is 0.00836. The average molecular weight is 394 g/mol. The topological polar surface area (TPSA) is 83.7 Å². The molecule has 27 heavy (non-hydrogen) atoms. The average Bonchev–Trinajstić information content (AvgIpc) is 3.11. The number of likely N-dealkylation sites (N-methyl/N-ethyl adjacent to an activating group) is 1. The van der Waals surface area contributed by atoms with E-state index < -0.39 is 6.10 Å². The van der Waals surface area contributed by atoms with Gasteiger partial charge in [-0.25, -0.2) is 0 Å². The van der Waals surface area contributed by atoms with E-state index >= 15 is 0 Å². The van der Waals surface area contributed by atoms with E-state index in [1.165, 1.54) is 0 Å². The van der Waals surface area contributed by atoms with Gasteiger partial charge in [0.05, 0.1) is 11.7 Å². The number of piperazine rings is 1. The van der Waals surface area contributed by atoms with Gasteiger partial charge in [0.25, 0.3) is 5.91 Å². The van der Waals surface area contributed by atoms with Crippen molar-refractivity contribution in [3.8, 4) is 5.75 Å². The first kappa shape index (κ1) is 19.6. The number of para-hydroxylation sites is 2. The minimum absolute atomic E-state index is 0. The number of anilines is 1. The molecule has 3 heterocycles. The van der Waals surface area contributed by atoms with Crippen LogP contribution in [0.25, 0.3) is 0 Å². The van der Waals surface area contributed by atoms with Crippen LogP contribution in [0.1, 0.15) is 24.7 Å². The van der Waals surface area contributed by atoms with Gasteiger partial charge in [-0.15, -0.1) is 12.4 Å². The van der Waals surface area contributed by atoms with E-state index in [-0.39, 0.29) is 24.4 Å². The number of hydrogen-bond donors (Lipinski definition) is 1. The molecule has 0 bridgehead atoms. The molecular weight excluding hydrogens is 370 g/mol. The van der Waals surface area contributed by atoms with E-state index in [1.807, 2.05) is 24.3 Å². The minimum atomic E-state index is -0.495. The summed E-state index contributed by atoms with van der Waals surface area (Å²) in [5, 5.41) is 7.48. The Hall–Kier alpha value is -2.16. The van der Waals surface area contributed by atoms with Gasteiger partial charge < -0.3 is 19.5 Å². The van der Waals surface area contributed by atoms with Crippen LogP contribution >= 0.6 is 12.4 Å². The van der Waals surface area contributed by atoms with Crippen LogP contribution in [0.2, 0.25) is 0 Å². The number of carbonyl (C=O) groups is 1. The number of nitrogens with zero attached hydrogens (tertiary/aromatic N) is 4. The fourth-order valence-corrected chi connectivity index (χ4v) is 3.40. The standard InChI is InChI=1S/C18H23N5O3.ClH/c1-12-18(24)23(13-5-3-4-6-15(13)25-12)9-7-16-20-17(21-26-16)14-11-19-8-10-22(14)2;/h3-6,12,14,19H,7-11H2,1-2H3;1H. The van der Waals surface area contributed by atoms with E-state index in [1.54, 1.807) is 11.8 Å². The molecule has 146 valence electrons. The molecule has 2 atom stereocenters. The van der Waals surface area contributed by atoms with Crippen molar-refractivity contribution in [2.24, 2.45) is 0 Å². The molecule has 2 aromatic rings. The number of carbonyl (C=O) groups excluding carboxylic acids is 1. The Morgan fingerprint density at radius 3 is 2.96 bits per heavy atom. The molecule has 1 N–H and O–H groups in total. The Morgan fingerprint density at radius 2 is 2.15 bits per heavy atom. The number of amides is 1. The largest absolute Gasteiger partial charge is 0.479 e. The van der Waals surface area contributed by atoms with Crippen LogP contribution in [0.4, 0.5) is 5.69 Å². The van der Waals surface area contributed by atoms with Crippen molar-refractivity contribution >= 4 is 24.0 Å². The van der Waals surface area contributed by atoms with Crippen molar-refractivity contribution in [2.45, 2.75) is 25.5 Å². The van der Waals surface area contributed by atoms with Crippen LogP contribution in [0, 0.1) is 0 Å². The molecule has 1 fully saturated rings. The van der Waals surface area contributed by atoms with Crippen LogP contribution in [-0.4, -0.2) is 60.3 Å². The van der Waals surface area contributed by atoms with Crippen LogP contribution in [0.5, 0.6) is 5.75 Å².